The standard InChI is InChI=1S/C16H23N3/c1-10-6-11(2)8-14(7-10)16(17)9-15-12(3)18-19(5)13(15)4/h6-8,16H,9,17H2,1-5H3. The van der Waals surface area contributed by atoms with Crippen molar-refractivity contribution < 1.29 is 0 Å². The van der Waals surface area contributed by atoms with Gasteiger partial charge in [-0.3, -0.25) is 4.68 Å². The average molecular weight is 257 g/mol. The highest BCUT2D eigenvalue weighted by molar-refractivity contribution is 5.33. The molecule has 102 valence electrons. The van der Waals surface area contributed by atoms with Crippen LogP contribution in [0.3, 0.4) is 0 Å². The van der Waals surface area contributed by atoms with Gasteiger partial charge < -0.3 is 5.73 Å². The molecule has 19 heavy (non-hydrogen) atoms. The molecule has 0 saturated heterocycles. The minimum absolute atomic E-state index is 0.0280. The van der Waals surface area contributed by atoms with Crippen molar-refractivity contribution in [3.05, 3.63) is 51.8 Å². The Kier molecular flexibility index (Phi) is 3.76. The van der Waals surface area contributed by atoms with Crippen LogP contribution in [0.2, 0.25) is 0 Å². The van der Waals surface area contributed by atoms with E-state index in [-0.39, 0.29) is 6.04 Å². The van der Waals surface area contributed by atoms with Gasteiger partial charge in [0.25, 0.3) is 0 Å². The summed E-state index contributed by atoms with van der Waals surface area (Å²) in [7, 11) is 1.98. The summed E-state index contributed by atoms with van der Waals surface area (Å²) in [5.41, 5.74) is 13.7. The van der Waals surface area contributed by atoms with Gasteiger partial charge in [-0.2, -0.15) is 5.10 Å². The van der Waals surface area contributed by atoms with E-state index >= 15 is 0 Å². The van der Waals surface area contributed by atoms with E-state index in [2.05, 4.69) is 51.0 Å². The lowest BCUT2D eigenvalue weighted by Crippen LogP contribution is -2.14. The number of hydrogen-bond acceptors (Lipinski definition) is 2. The first-order chi connectivity index (χ1) is 8.88. The first-order valence-corrected chi connectivity index (χ1v) is 6.71. The first-order valence-electron chi connectivity index (χ1n) is 6.71. The second-order valence-electron chi connectivity index (χ2n) is 5.50. The molecule has 2 N–H and O–H groups in total. The lowest BCUT2D eigenvalue weighted by molar-refractivity contribution is 0.706. The number of hydrogen-bond donors (Lipinski definition) is 1. The molecular formula is C16H23N3. The van der Waals surface area contributed by atoms with Crippen molar-refractivity contribution in [2.45, 2.75) is 40.2 Å². The minimum Gasteiger partial charge on any atom is -0.324 e. The number of nitrogens with two attached hydrogens (primary N) is 1. The average Bonchev–Trinajstić information content (AvgIpc) is 2.54. The zero-order valence-electron chi connectivity index (χ0n) is 12.5. The quantitative estimate of drug-likeness (QED) is 0.918. The van der Waals surface area contributed by atoms with Crippen LogP contribution in [0.5, 0.6) is 0 Å². The fraction of sp³-hybridized carbons (Fsp3) is 0.438. The second-order valence-corrected chi connectivity index (χ2v) is 5.50. The van der Waals surface area contributed by atoms with E-state index in [4.69, 9.17) is 5.73 Å². The van der Waals surface area contributed by atoms with Crippen molar-refractivity contribution in [3.8, 4) is 0 Å². The van der Waals surface area contributed by atoms with Gasteiger partial charge in [-0.15, -0.1) is 0 Å². The highest BCUT2D eigenvalue weighted by Gasteiger charge is 2.15. The van der Waals surface area contributed by atoms with E-state index in [1.165, 1.54) is 27.9 Å². The molecule has 1 atom stereocenters. The molecular weight excluding hydrogens is 234 g/mol. The maximum atomic E-state index is 6.37. The largest absolute Gasteiger partial charge is 0.324 e. The monoisotopic (exact) mass is 257 g/mol. The molecule has 1 unspecified atom stereocenters. The Bertz CT molecular complexity index is 576. The molecule has 0 bridgehead atoms. The van der Waals surface area contributed by atoms with Gasteiger partial charge in [0.05, 0.1) is 5.69 Å². The fourth-order valence-electron chi connectivity index (χ4n) is 2.67. The lowest BCUT2D eigenvalue weighted by Gasteiger charge is -2.14. The topological polar surface area (TPSA) is 43.8 Å². The Morgan fingerprint density at radius 2 is 1.68 bits per heavy atom. The van der Waals surface area contributed by atoms with Crippen LogP contribution in [0.25, 0.3) is 0 Å². The van der Waals surface area contributed by atoms with Crippen LogP contribution >= 0.6 is 0 Å². The van der Waals surface area contributed by atoms with Crippen molar-refractivity contribution in [2.24, 2.45) is 12.8 Å². The normalized spacial score (nSPS) is 12.7. The molecule has 1 aromatic carbocycles. The van der Waals surface area contributed by atoms with E-state index in [9.17, 15) is 0 Å². The van der Waals surface area contributed by atoms with Gasteiger partial charge in [0, 0.05) is 18.8 Å². The molecule has 1 heterocycles. The summed E-state index contributed by atoms with van der Waals surface area (Å²) >= 11 is 0. The van der Waals surface area contributed by atoms with Crippen molar-refractivity contribution in [1.29, 1.82) is 0 Å². The Morgan fingerprint density at radius 3 is 2.16 bits per heavy atom. The first kappa shape index (κ1) is 13.8. The number of rotatable bonds is 3. The van der Waals surface area contributed by atoms with Crippen molar-refractivity contribution in [3.63, 3.8) is 0 Å². The molecule has 3 nitrogen and oxygen atoms in total. The number of benzene rings is 1. The molecule has 0 fully saturated rings. The highest BCUT2D eigenvalue weighted by Crippen LogP contribution is 2.22. The van der Waals surface area contributed by atoms with Crippen LogP contribution in [-0.2, 0) is 13.5 Å². The molecule has 1 aromatic heterocycles. The number of aryl methyl sites for hydroxylation is 4. The zero-order chi connectivity index (χ0) is 14.2. The summed E-state index contributed by atoms with van der Waals surface area (Å²) in [6.07, 6.45) is 0.842. The Labute approximate surface area is 115 Å². The summed E-state index contributed by atoms with van der Waals surface area (Å²) in [5, 5.41) is 4.45. The molecule has 2 aromatic rings. The molecule has 2 rings (SSSR count). The molecule has 0 spiro atoms. The van der Waals surface area contributed by atoms with Crippen LogP contribution in [0.1, 0.15) is 39.7 Å². The van der Waals surface area contributed by atoms with Crippen molar-refractivity contribution in [1.82, 2.24) is 9.78 Å². The van der Waals surface area contributed by atoms with Crippen LogP contribution in [0.15, 0.2) is 18.2 Å². The molecule has 0 saturated carbocycles. The highest BCUT2D eigenvalue weighted by atomic mass is 15.3. The van der Waals surface area contributed by atoms with Crippen molar-refractivity contribution in [2.75, 3.05) is 0 Å². The third-order valence-corrected chi connectivity index (χ3v) is 3.76. The van der Waals surface area contributed by atoms with Crippen molar-refractivity contribution >= 4 is 0 Å². The zero-order valence-corrected chi connectivity index (χ0v) is 12.5. The maximum absolute atomic E-state index is 6.37. The smallest absolute Gasteiger partial charge is 0.0629 e. The van der Waals surface area contributed by atoms with E-state index < -0.39 is 0 Å². The lowest BCUT2D eigenvalue weighted by atomic mass is 9.96. The van der Waals surface area contributed by atoms with Gasteiger partial charge in [-0.25, -0.2) is 0 Å². The third kappa shape index (κ3) is 2.87. The predicted octanol–water partition coefficient (Wildman–Crippen LogP) is 2.90. The summed E-state index contributed by atoms with van der Waals surface area (Å²) in [5.74, 6) is 0. The number of nitrogens with zero attached hydrogens (tertiary/aromatic N) is 2. The van der Waals surface area contributed by atoms with Crippen LogP contribution in [-0.4, -0.2) is 9.78 Å². The molecule has 0 aliphatic rings. The molecule has 0 aliphatic heterocycles. The Hall–Kier alpha value is -1.61. The van der Waals surface area contributed by atoms with Gasteiger partial charge in [-0.1, -0.05) is 29.3 Å². The van der Waals surface area contributed by atoms with Crippen LogP contribution < -0.4 is 5.73 Å². The molecule has 3 heteroatoms. The summed E-state index contributed by atoms with van der Waals surface area (Å²) in [6, 6.07) is 6.56. The second kappa shape index (κ2) is 5.17. The Morgan fingerprint density at radius 1 is 1.11 bits per heavy atom. The van der Waals surface area contributed by atoms with Crippen LogP contribution in [0.4, 0.5) is 0 Å². The van der Waals surface area contributed by atoms with Gasteiger partial charge in [0.1, 0.15) is 0 Å². The summed E-state index contributed by atoms with van der Waals surface area (Å²) < 4.78 is 1.93. The molecule has 0 amide bonds. The summed E-state index contributed by atoms with van der Waals surface area (Å²) in [4.78, 5) is 0. The van der Waals surface area contributed by atoms with Gasteiger partial charge in [-0.05, 0) is 45.2 Å². The molecule has 0 aliphatic carbocycles. The van der Waals surface area contributed by atoms with Gasteiger partial charge in [0.2, 0.25) is 0 Å². The van der Waals surface area contributed by atoms with E-state index in [1.807, 2.05) is 11.7 Å². The number of aromatic nitrogens is 2. The van der Waals surface area contributed by atoms with Gasteiger partial charge in [0.15, 0.2) is 0 Å². The van der Waals surface area contributed by atoms with E-state index in [0.29, 0.717) is 0 Å². The van der Waals surface area contributed by atoms with E-state index in [1.54, 1.807) is 0 Å². The third-order valence-electron chi connectivity index (χ3n) is 3.76. The maximum Gasteiger partial charge on any atom is 0.0629 e. The fourth-order valence-corrected chi connectivity index (χ4v) is 2.67. The van der Waals surface area contributed by atoms with E-state index in [0.717, 1.165) is 12.1 Å². The minimum atomic E-state index is 0.0280. The van der Waals surface area contributed by atoms with Gasteiger partial charge >= 0.3 is 0 Å². The SMILES string of the molecule is Cc1cc(C)cc(C(N)Cc2c(C)nn(C)c2C)c1. The predicted molar refractivity (Wildman–Crippen MR) is 79.2 cm³/mol. The molecule has 0 radical (unpaired) electrons. The Balaban J connectivity index is 2.27. The van der Waals surface area contributed by atoms with Crippen LogP contribution in [0, 0.1) is 27.7 Å². The summed E-state index contributed by atoms with van der Waals surface area (Å²) in [6.45, 7) is 8.38.